The fourth-order valence-electron chi connectivity index (χ4n) is 2.25. The van der Waals surface area contributed by atoms with Crippen LogP contribution in [-0.4, -0.2) is 29.2 Å². The molecule has 0 aliphatic heterocycles. The monoisotopic (exact) mass is 384 g/mol. The number of benzene rings is 2. The van der Waals surface area contributed by atoms with Crippen LogP contribution in [-0.2, 0) is 4.74 Å². The van der Waals surface area contributed by atoms with E-state index < -0.39 is 23.5 Å². The van der Waals surface area contributed by atoms with Gasteiger partial charge in [-0.1, -0.05) is 0 Å². The normalized spacial score (nSPS) is 10.2. The Morgan fingerprint density at radius 2 is 1.71 bits per heavy atom. The minimum atomic E-state index is -0.894. The first-order chi connectivity index (χ1) is 13.5. The van der Waals surface area contributed by atoms with E-state index in [9.17, 15) is 18.4 Å². The predicted molar refractivity (Wildman–Crippen MR) is 97.4 cm³/mol. The number of carbonyl (C=O) groups excluding carboxylic acids is 2. The molecule has 2 aromatic carbocycles. The van der Waals surface area contributed by atoms with E-state index in [0.29, 0.717) is 23.1 Å². The maximum Gasteiger partial charge on any atom is 0.337 e. The van der Waals surface area contributed by atoms with E-state index in [-0.39, 0.29) is 11.4 Å². The van der Waals surface area contributed by atoms with Crippen LogP contribution in [0.2, 0.25) is 0 Å². The fourth-order valence-corrected chi connectivity index (χ4v) is 2.25. The molecule has 1 amide bonds. The van der Waals surface area contributed by atoms with Crippen molar-refractivity contribution >= 4 is 29.1 Å². The molecule has 0 fully saturated rings. The van der Waals surface area contributed by atoms with Gasteiger partial charge in [0.2, 0.25) is 0 Å². The molecule has 3 aromatic rings. The number of rotatable bonds is 5. The molecule has 0 unspecified atom stereocenters. The SMILES string of the molecule is COC(=O)c1ccc(Nc2ccc(C(=O)Nc3ccc(F)cc3F)nn2)cc1. The quantitative estimate of drug-likeness (QED) is 0.654. The van der Waals surface area contributed by atoms with Crippen LogP contribution >= 0.6 is 0 Å². The van der Waals surface area contributed by atoms with E-state index in [0.717, 1.165) is 12.1 Å². The van der Waals surface area contributed by atoms with Crippen LogP contribution in [0.3, 0.4) is 0 Å². The second-order valence-electron chi connectivity index (χ2n) is 5.58. The van der Waals surface area contributed by atoms with Crippen molar-refractivity contribution in [3.05, 3.63) is 77.5 Å². The summed E-state index contributed by atoms with van der Waals surface area (Å²) in [5, 5.41) is 12.9. The Morgan fingerprint density at radius 1 is 0.964 bits per heavy atom. The van der Waals surface area contributed by atoms with Crippen molar-refractivity contribution in [1.29, 1.82) is 0 Å². The third-order valence-corrected chi connectivity index (χ3v) is 3.65. The van der Waals surface area contributed by atoms with Crippen LogP contribution in [0.4, 0.5) is 26.0 Å². The average molecular weight is 384 g/mol. The Hall–Kier alpha value is -3.88. The molecule has 28 heavy (non-hydrogen) atoms. The second kappa shape index (κ2) is 8.21. The van der Waals surface area contributed by atoms with E-state index >= 15 is 0 Å². The zero-order chi connectivity index (χ0) is 20.1. The Balaban J connectivity index is 1.65. The van der Waals surface area contributed by atoms with Gasteiger partial charge in [-0.05, 0) is 48.5 Å². The van der Waals surface area contributed by atoms with Crippen molar-refractivity contribution in [2.24, 2.45) is 0 Å². The molecular weight excluding hydrogens is 370 g/mol. The lowest BCUT2D eigenvalue weighted by Crippen LogP contribution is -2.15. The van der Waals surface area contributed by atoms with Crippen molar-refractivity contribution in [2.75, 3.05) is 17.7 Å². The first kappa shape index (κ1) is 18.9. The van der Waals surface area contributed by atoms with Crippen molar-refractivity contribution in [3.8, 4) is 0 Å². The number of methoxy groups -OCH3 is 1. The molecule has 0 bridgehead atoms. The van der Waals surface area contributed by atoms with E-state index in [2.05, 4.69) is 25.6 Å². The molecule has 2 N–H and O–H groups in total. The van der Waals surface area contributed by atoms with E-state index in [1.165, 1.54) is 19.2 Å². The number of halogens is 2. The lowest BCUT2D eigenvalue weighted by atomic mass is 10.2. The number of amides is 1. The molecule has 0 saturated heterocycles. The van der Waals surface area contributed by atoms with Gasteiger partial charge in [0.15, 0.2) is 11.5 Å². The predicted octanol–water partition coefficient (Wildman–Crippen LogP) is 3.54. The van der Waals surface area contributed by atoms with Crippen LogP contribution in [0, 0.1) is 11.6 Å². The molecule has 0 saturated carbocycles. The topological polar surface area (TPSA) is 93.2 Å². The molecule has 0 aliphatic rings. The molecule has 0 atom stereocenters. The number of hydrogen-bond donors (Lipinski definition) is 2. The highest BCUT2D eigenvalue weighted by Gasteiger charge is 2.12. The highest BCUT2D eigenvalue weighted by Crippen LogP contribution is 2.17. The number of esters is 1. The third-order valence-electron chi connectivity index (χ3n) is 3.65. The summed E-state index contributed by atoms with van der Waals surface area (Å²) in [4.78, 5) is 23.5. The van der Waals surface area contributed by atoms with Gasteiger partial charge in [0, 0.05) is 11.8 Å². The number of nitrogens with zero attached hydrogens (tertiary/aromatic N) is 2. The minimum Gasteiger partial charge on any atom is -0.465 e. The van der Waals surface area contributed by atoms with Crippen LogP contribution < -0.4 is 10.6 Å². The van der Waals surface area contributed by atoms with Crippen LogP contribution in [0.1, 0.15) is 20.8 Å². The van der Waals surface area contributed by atoms with Crippen molar-refractivity contribution in [3.63, 3.8) is 0 Å². The van der Waals surface area contributed by atoms with Crippen molar-refractivity contribution in [2.45, 2.75) is 0 Å². The molecular formula is C19H14F2N4O3. The fraction of sp³-hybridized carbons (Fsp3) is 0.0526. The van der Waals surface area contributed by atoms with Crippen molar-refractivity contribution < 1.29 is 23.1 Å². The summed E-state index contributed by atoms with van der Waals surface area (Å²) in [6.07, 6.45) is 0. The lowest BCUT2D eigenvalue weighted by Gasteiger charge is -2.08. The Kier molecular flexibility index (Phi) is 5.54. The maximum absolute atomic E-state index is 13.6. The third kappa shape index (κ3) is 4.44. The second-order valence-corrected chi connectivity index (χ2v) is 5.58. The summed E-state index contributed by atoms with van der Waals surface area (Å²) in [6.45, 7) is 0. The highest BCUT2D eigenvalue weighted by molar-refractivity contribution is 6.02. The summed E-state index contributed by atoms with van der Waals surface area (Å²) >= 11 is 0. The zero-order valence-corrected chi connectivity index (χ0v) is 14.6. The Bertz CT molecular complexity index is 1010. The standard InChI is InChI=1S/C19H14F2N4O3/c1-28-19(27)11-2-5-13(6-3-11)22-17-9-8-16(24-25-17)18(26)23-15-7-4-12(20)10-14(15)21/h2-10H,1H3,(H,22,25)(H,23,26). The molecule has 0 radical (unpaired) electrons. The first-order valence-corrected chi connectivity index (χ1v) is 8.02. The largest absolute Gasteiger partial charge is 0.465 e. The van der Waals surface area contributed by atoms with Gasteiger partial charge in [-0.25, -0.2) is 13.6 Å². The number of nitrogens with one attached hydrogen (secondary N) is 2. The van der Waals surface area contributed by atoms with Crippen molar-refractivity contribution in [1.82, 2.24) is 10.2 Å². The van der Waals surface area contributed by atoms with Gasteiger partial charge in [0.05, 0.1) is 18.4 Å². The summed E-state index contributed by atoms with van der Waals surface area (Å²) in [5.74, 6) is -2.41. The Morgan fingerprint density at radius 3 is 2.32 bits per heavy atom. The minimum absolute atomic E-state index is 0.0460. The molecule has 0 aliphatic carbocycles. The molecule has 7 nitrogen and oxygen atoms in total. The van der Waals surface area contributed by atoms with Gasteiger partial charge in [-0.2, -0.15) is 0 Å². The number of ether oxygens (including phenoxy) is 1. The molecule has 1 aromatic heterocycles. The van der Waals surface area contributed by atoms with E-state index in [1.807, 2.05) is 0 Å². The molecule has 0 spiro atoms. The summed E-state index contributed by atoms with van der Waals surface area (Å²) < 4.78 is 31.1. The summed E-state index contributed by atoms with van der Waals surface area (Å²) in [6, 6.07) is 12.2. The number of hydrogen-bond acceptors (Lipinski definition) is 6. The highest BCUT2D eigenvalue weighted by atomic mass is 19.1. The average Bonchev–Trinajstić information content (AvgIpc) is 2.70. The Labute approximate surface area is 158 Å². The molecule has 3 rings (SSSR count). The maximum atomic E-state index is 13.6. The van der Waals surface area contributed by atoms with Gasteiger partial charge >= 0.3 is 5.97 Å². The van der Waals surface area contributed by atoms with Crippen LogP contribution in [0.5, 0.6) is 0 Å². The van der Waals surface area contributed by atoms with Gasteiger partial charge in [0.25, 0.3) is 5.91 Å². The molecule has 1 heterocycles. The molecule has 142 valence electrons. The number of carbonyl (C=O) groups is 2. The number of anilines is 3. The van der Waals surface area contributed by atoms with Gasteiger partial charge < -0.3 is 15.4 Å². The number of aromatic nitrogens is 2. The first-order valence-electron chi connectivity index (χ1n) is 8.02. The summed E-state index contributed by atoms with van der Waals surface area (Å²) in [5.41, 5.74) is 0.836. The van der Waals surface area contributed by atoms with Crippen LogP contribution in [0.15, 0.2) is 54.6 Å². The van der Waals surface area contributed by atoms with E-state index in [4.69, 9.17) is 0 Å². The summed E-state index contributed by atoms with van der Waals surface area (Å²) in [7, 11) is 1.30. The smallest absolute Gasteiger partial charge is 0.337 e. The van der Waals surface area contributed by atoms with Gasteiger partial charge in [0.1, 0.15) is 11.6 Å². The van der Waals surface area contributed by atoms with Gasteiger partial charge in [-0.3, -0.25) is 4.79 Å². The lowest BCUT2D eigenvalue weighted by molar-refractivity contribution is 0.0600. The zero-order valence-electron chi connectivity index (χ0n) is 14.6. The van der Waals surface area contributed by atoms with Gasteiger partial charge in [-0.15, -0.1) is 10.2 Å². The van der Waals surface area contributed by atoms with E-state index in [1.54, 1.807) is 24.3 Å². The van der Waals surface area contributed by atoms with Crippen LogP contribution in [0.25, 0.3) is 0 Å². The molecule has 9 heteroatoms.